The molecule has 188 valence electrons. The lowest BCUT2D eigenvalue weighted by Crippen LogP contribution is -2.40. The first-order valence-electron chi connectivity index (χ1n) is 12.0. The number of nitrogens with one attached hydrogen (secondary N) is 2. The standard InChI is InChI=1S/C28H26N4O4S/c1-37-22-6-4-5-20(16-22)30-26(34)17-31-24-8-3-2-7-23(24)27(35)32(28(31)36)21-13-9-18(10-14-21)15-25(33)29-19-11-12-19/h2-10,13-14,16,19H,11-12,15,17H2,1H3,(H,29,33)(H,30,34). The molecule has 0 radical (unpaired) electrons. The molecule has 8 nitrogen and oxygen atoms in total. The molecule has 0 bridgehead atoms. The van der Waals surface area contributed by atoms with Crippen molar-refractivity contribution in [2.24, 2.45) is 0 Å². The lowest BCUT2D eigenvalue weighted by Gasteiger charge is -2.15. The van der Waals surface area contributed by atoms with Crippen molar-refractivity contribution in [3.8, 4) is 5.69 Å². The van der Waals surface area contributed by atoms with E-state index in [1.807, 2.05) is 24.5 Å². The second kappa shape index (κ2) is 10.5. The number of rotatable bonds is 8. The number of hydrogen-bond donors (Lipinski definition) is 2. The van der Waals surface area contributed by atoms with Crippen molar-refractivity contribution in [2.45, 2.75) is 36.7 Å². The van der Waals surface area contributed by atoms with E-state index in [1.165, 1.54) is 4.57 Å². The van der Waals surface area contributed by atoms with Gasteiger partial charge in [-0.1, -0.05) is 30.3 Å². The summed E-state index contributed by atoms with van der Waals surface area (Å²) in [5.74, 6) is -0.428. The molecule has 9 heteroatoms. The number of benzene rings is 3. The number of amides is 2. The van der Waals surface area contributed by atoms with Crippen LogP contribution in [0.3, 0.4) is 0 Å². The summed E-state index contributed by atoms with van der Waals surface area (Å²) >= 11 is 1.56. The predicted octanol–water partition coefficient (Wildman–Crippen LogP) is 3.33. The van der Waals surface area contributed by atoms with Gasteiger partial charge in [0.05, 0.1) is 23.0 Å². The van der Waals surface area contributed by atoms with E-state index in [0.717, 1.165) is 27.9 Å². The number of aromatic nitrogens is 2. The third-order valence-electron chi connectivity index (χ3n) is 6.21. The van der Waals surface area contributed by atoms with Crippen LogP contribution in [-0.4, -0.2) is 33.2 Å². The van der Waals surface area contributed by atoms with Crippen LogP contribution < -0.4 is 21.9 Å². The molecular formula is C28H26N4O4S. The normalized spacial score (nSPS) is 12.9. The Morgan fingerprint density at radius 1 is 0.946 bits per heavy atom. The molecule has 37 heavy (non-hydrogen) atoms. The second-order valence-corrected chi connectivity index (χ2v) is 9.87. The van der Waals surface area contributed by atoms with Crippen LogP contribution in [0, 0.1) is 0 Å². The maximum Gasteiger partial charge on any atom is 0.336 e. The number of para-hydroxylation sites is 1. The van der Waals surface area contributed by atoms with Gasteiger partial charge in [0.15, 0.2) is 0 Å². The van der Waals surface area contributed by atoms with Crippen LogP contribution in [0.15, 0.2) is 87.3 Å². The summed E-state index contributed by atoms with van der Waals surface area (Å²) < 4.78 is 2.37. The Morgan fingerprint density at radius 2 is 1.70 bits per heavy atom. The molecule has 0 aliphatic heterocycles. The molecular weight excluding hydrogens is 488 g/mol. The molecule has 1 aromatic heterocycles. The highest BCUT2D eigenvalue weighted by Crippen LogP contribution is 2.20. The van der Waals surface area contributed by atoms with Gasteiger partial charge < -0.3 is 10.6 Å². The van der Waals surface area contributed by atoms with Crippen molar-refractivity contribution in [3.05, 3.63) is 99.2 Å². The monoisotopic (exact) mass is 514 g/mol. The number of carbonyl (C=O) groups excluding carboxylic acids is 2. The van der Waals surface area contributed by atoms with Gasteiger partial charge in [0.25, 0.3) is 5.56 Å². The number of anilines is 1. The van der Waals surface area contributed by atoms with Crippen molar-refractivity contribution < 1.29 is 9.59 Å². The van der Waals surface area contributed by atoms with Gasteiger partial charge in [-0.2, -0.15) is 0 Å². The third kappa shape index (κ3) is 5.51. The van der Waals surface area contributed by atoms with Crippen LogP contribution in [0.4, 0.5) is 5.69 Å². The summed E-state index contributed by atoms with van der Waals surface area (Å²) in [4.78, 5) is 53.0. The van der Waals surface area contributed by atoms with Gasteiger partial charge >= 0.3 is 5.69 Å². The number of nitrogens with zero attached hydrogens (tertiary/aromatic N) is 2. The van der Waals surface area contributed by atoms with Gasteiger partial charge in [-0.25, -0.2) is 9.36 Å². The minimum atomic E-state index is -0.615. The van der Waals surface area contributed by atoms with Crippen molar-refractivity contribution in [1.82, 2.24) is 14.5 Å². The van der Waals surface area contributed by atoms with Crippen molar-refractivity contribution in [3.63, 3.8) is 0 Å². The van der Waals surface area contributed by atoms with Crippen molar-refractivity contribution >= 4 is 40.2 Å². The van der Waals surface area contributed by atoms with Crippen LogP contribution in [0.25, 0.3) is 16.6 Å². The number of carbonyl (C=O) groups is 2. The molecule has 0 unspecified atom stereocenters. The van der Waals surface area contributed by atoms with Gasteiger partial charge in [0.1, 0.15) is 6.54 Å². The molecule has 1 aliphatic rings. The van der Waals surface area contributed by atoms with E-state index in [1.54, 1.807) is 66.4 Å². The second-order valence-electron chi connectivity index (χ2n) is 8.99. The number of hydrogen-bond acceptors (Lipinski definition) is 5. The van der Waals surface area contributed by atoms with E-state index in [-0.39, 0.29) is 30.8 Å². The Morgan fingerprint density at radius 3 is 2.43 bits per heavy atom. The highest BCUT2D eigenvalue weighted by molar-refractivity contribution is 7.98. The average molecular weight is 515 g/mol. The zero-order valence-electron chi connectivity index (χ0n) is 20.3. The smallest absolute Gasteiger partial charge is 0.336 e. The van der Waals surface area contributed by atoms with Gasteiger partial charge in [-0.05, 0) is 67.1 Å². The highest BCUT2D eigenvalue weighted by Gasteiger charge is 2.23. The Kier molecular flexibility index (Phi) is 6.96. The van der Waals surface area contributed by atoms with Crippen LogP contribution >= 0.6 is 11.8 Å². The van der Waals surface area contributed by atoms with Crippen LogP contribution in [0.1, 0.15) is 18.4 Å². The molecule has 0 spiro atoms. The van der Waals surface area contributed by atoms with Gasteiger partial charge in [0, 0.05) is 16.6 Å². The first kappa shape index (κ1) is 24.6. The third-order valence-corrected chi connectivity index (χ3v) is 6.93. The molecule has 1 heterocycles. The molecule has 0 atom stereocenters. The van der Waals surface area contributed by atoms with E-state index in [0.29, 0.717) is 22.3 Å². The summed E-state index contributed by atoms with van der Waals surface area (Å²) in [6.07, 6.45) is 4.21. The van der Waals surface area contributed by atoms with Crippen LogP contribution in [-0.2, 0) is 22.6 Å². The minimum absolute atomic E-state index is 0.0467. The molecule has 5 rings (SSSR count). The Hall–Kier alpha value is -4.11. The molecule has 1 aliphatic carbocycles. The molecule has 2 amide bonds. The molecule has 0 saturated heterocycles. The molecule has 1 saturated carbocycles. The topological polar surface area (TPSA) is 102 Å². The molecule has 2 N–H and O–H groups in total. The van der Waals surface area contributed by atoms with Crippen molar-refractivity contribution in [2.75, 3.05) is 11.6 Å². The summed E-state index contributed by atoms with van der Waals surface area (Å²) in [7, 11) is 0. The highest BCUT2D eigenvalue weighted by atomic mass is 32.2. The van der Waals surface area contributed by atoms with Crippen LogP contribution in [0.5, 0.6) is 0 Å². The van der Waals surface area contributed by atoms with E-state index < -0.39 is 11.2 Å². The van der Waals surface area contributed by atoms with Gasteiger partial charge in [0.2, 0.25) is 11.8 Å². The Labute approximate surface area is 217 Å². The summed E-state index contributed by atoms with van der Waals surface area (Å²) in [6.45, 7) is -0.261. The SMILES string of the molecule is CSc1cccc(NC(=O)Cn2c(=O)n(-c3ccc(CC(=O)NC4CC4)cc3)c(=O)c3ccccc32)c1. The van der Waals surface area contributed by atoms with Gasteiger partial charge in [-0.15, -0.1) is 11.8 Å². The fourth-order valence-electron chi connectivity index (χ4n) is 4.20. The quantitative estimate of drug-likeness (QED) is 0.351. The fourth-order valence-corrected chi connectivity index (χ4v) is 4.66. The lowest BCUT2D eigenvalue weighted by molar-refractivity contribution is -0.120. The summed E-state index contributed by atoms with van der Waals surface area (Å²) in [6, 6.07) is 21.2. The van der Waals surface area contributed by atoms with Crippen molar-refractivity contribution in [1.29, 1.82) is 0 Å². The molecule has 1 fully saturated rings. The van der Waals surface area contributed by atoms with E-state index in [2.05, 4.69) is 10.6 Å². The van der Waals surface area contributed by atoms with E-state index in [9.17, 15) is 19.2 Å². The van der Waals surface area contributed by atoms with Crippen LogP contribution in [0.2, 0.25) is 0 Å². The maximum absolute atomic E-state index is 13.6. The summed E-state index contributed by atoms with van der Waals surface area (Å²) in [5.41, 5.74) is 1.08. The van der Waals surface area contributed by atoms with E-state index in [4.69, 9.17) is 0 Å². The largest absolute Gasteiger partial charge is 0.353 e. The molecule has 4 aromatic rings. The lowest BCUT2D eigenvalue weighted by atomic mass is 10.1. The minimum Gasteiger partial charge on any atom is -0.353 e. The number of thioether (sulfide) groups is 1. The van der Waals surface area contributed by atoms with Gasteiger partial charge in [-0.3, -0.25) is 19.0 Å². The Balaban J connectivity index is 1.47. The molecule has 3 aromatic carbocycles. The summed E-state index contributed by atoms with van der Waals surface area (Å²) in [5, 5.41) is 6.11. The maximum atomic E-state index is 13.6. The first-order chi connectivity index (χ1) is 17.9. The zero-order valence-corrected chi connectivity index (χ0v) is 21.1. The number of fused-ring (bicyclic) bond motifs is 1. The average Bonchev–Trinajstić information content (AvgIpc) is 3.71. The zero-order chi connectivity index (χ0) is 25.9. The van der Waals surface area contributed by atoms with E-state index >= 15 is 0 Å². The fraction of sp³-hybridized carbons (Fsp3) is 0.214. The predicted molar refractivity (Wildman–Crippen MR) is 146 cm³/mol. The Bertz CT molecular complexity index is 1600. The first-order valence-corrected chi connectivity index (χ1v) is 13.2.